The van der Waals surface area contributed by atoms with E-state index in [-0.39, 0.29) is 23.5 Å². The molecule has 2 aromatic heterocycles. The minimum atomic E-state index is -0.558. The molecule has 196 valence electrons. The van der Waals surface area contributed by atoms with E-state index in [0.29, 0.717) is 43.6 Å². The summed E-state index contributed by atoms with van der Waals surface area (Å²) < 4.78 is 19.1. The second kappa shape index (κ2) is 11.0. The van der Waals surface area contributed by atoms with Gasteiger partial charge in [-0.1, -0.05) is 18.2 Å². The summed E-state index contributed by atoms with van der Waals surface area (Å²) in [7, 11) is 1.39. The van der Waals surface area contributed by atoms with Gasteiger partial charge in [0.15, 0.2) is 11.6 Å². The van der Waals surface area contributed by atoms with Crippen LogP contribution in [0.5, 0.6) is 5.75 Å². The zero-order valence-electron chi connectivity index (χ0n) is 21.6. The summed E-state index contributed by atoms with van der Waals surface area (Å²) in [5, 5.41) is 4.23. The van der Waals surface area contributed by atoms with E-state index in [9.17, 15) is 14.0 Å². The number of ether oxygens (including phenoxy) is 1. The molecule has 1 saturated heterocycles. The van der Waals surface area contributed by atoms with Crippen LogP contribution in [-0.4, -0.2) is 53.4 Å². The largest absolute Gasteiger partial charge is 0.494 e. The normalized spacial score (nSPS) is 14.0. The Balaban J connectivity index is 1.23. The standard InChI is InChI=1S/C30H31FN4O3/c1-19-7-9-24(29(36)32-14-11-22-18-33-26-6-4-3-5-23(22)26)28(34-19)20-12-15-35(16-13-20)30(37)21-8-10-27(38-2)25(31)17-21/h3-10,17-18,20,33H,11-16H2,1-2H3,(H,32,36). The third kappa shape index (κ3) is 5.25. The van der Waals surface area contributed by atoms with E-state index >= 15 is 0 Å². The van der Waals surface area contributed by atoms with Gasteiger partial charge in [-0.15, -0.1) is 0 Å². The number of methoxy groups -OCH3 is 1. The van der Waals surface area contributed by atoms with Crippen LogP contribution >= 0.6 is 0 Å². The van der Waals surface area contributed by atoms with Crippen molar-refractivity contribution in [3.8, 4) is 5.75 Å². The fraction of sp³-hybridized carbons (Fsp3) is 0.300. The van der Waals surface area contributed by atoms with Gasteiger partial charge >= 0.3 is 0 Å². The molecule has 0 saturated carbocycles. The number of rotatable bonds is 7. The Labute approximate surface area is 221 Å². The van der Waals surface area contributed by atoms with Crippen LogP contribution in [0.4, 0.5) is 4.39 Å². The number of aromatic nitrogens is 2. The van der Waals surface area contributed by atoms with Gasteiger partial charge in [0.1, 0.15) is 0 Å². The fourth-order valence-corrected chi connectivity index (χ4v) is 5.16. The maximum absolute atomic E-state index is 14.1. The molecule has 0 unspecified atom stereocenters. The maximum Gasteiger partial charge on any atom is 0.253 e. The Morgan fingerprint density at radius 2 is 1.92 bits per heavy atom. The number of carbonyl (C=O) groups is 2. The van der Waals surface area contributed by atoms with E-state index in [1.165, 1.54) is 19.2 Å². The van der Waals surface area contributed by atoms with E-state index in [2.05, 4.69) is 16.4 Å². The third-order valence-corrected chi connectivity index (χ3v) is 7.23. The van der Waals surface area contributed by atoms with E-state index in [1.54, 1.807) is 11.0 Å². The minimum Gasteiger partial charge on any atom is -0.494 e. The van der Waals surface area contributed by atoms with E-state index in [0.717, 1.165) is 34.3 Å². The number of aromatic amines is 1. The summed E-state index contributed by atoms with van der Waals surface area (Å²) in [4.78, 5) is 35.9. The SMILES string of the molecule is COc1ccc(C(=O)N2CCC(c3nc(C)ccc3C(=O)NCCc3c[nH]c4ccccc34)CC2)cc1F. The van der Waals surface area contributed by atoms with Gasteiger partial charge in [-0.2, -0.15) is 0 Å². The number of aryl methyl sites for hydroxylation is 1. The third-order valence-electron chi connectivity index (χ3n) is 7.23. The Bertz CT molecular complexity index is 1470. The van der Waals surface area contributed by atoms with Crippen molar-refractivity contribution < 1.29 is 18.7 Å². The zero-order valence-corrected chi connectivity index (χ0v) is 21.6. The quantitative estimate of drug-likeness (QED) is 0.363. The topological polar surface area (TPSA) is 87.3 Å². The number of carbonyl (C=O) groups excluding carboxylic acids is 2. The Kier molecular flexibility index (Phi) is 7.40. The summed E-state index contributed by atoms with van der Waals surface area (Å²) in [6.07, 6.45) is 4.06. The molecule has 7 nitrogen and oxygen atoms in total. The fourth-order valence-electron chi connectivity index (χ4n) is 5.16. The van der Waals surface area contributed by atoms with E-state index < -0.39 is 5.82 Å². The number of pyridine rings is 1. The molecule has 2 amide bonds. The molecule has 2 aromatic carbocycles. The first-order valence-electron chi connectivity index (χ1n) is 12.9. The summed E-state index contributed by atoms with van der Waals surface area (Å²) in [6, 6.07) is 16.1. The number of para-hydroxylation sites is 1. The smallest absolute Gasteiger partial charge is 0.253 e. The van der Waals surface area contributed by atoms with Gasteiger partial charge in [-0.25, -0.2) is 4.39 Å². The monoisotopic (exact) mass is 514 g/mol. The molecule has 4 aromatic rings. The lowest BCUT2D eigenvalue weighted by atomic mass is 9.89. The first-order valence-corrected chi connectivity index (χ1v) is 12.9. The molecule has 0 bridgehead atoms. The average Bonchev–Trinajstić information content (AvgIpc) is 3.35. The predicted octanol–water partition coefficient (Wildman–Crippen LogP) is 5.01. The van der Waals surface area contributed by atoms with Crippen molar-refractivity contribution in [2.45, 2.75) is 32.1 Å². The second-order valence-corrected chi connectivity index (χ2v) is 9.67. The van der Waals surface area contributed by atoms with Crippen molar-refractivity contribution in [3.63, 3.8) is 0 Å². The minimum absolute atomic E-state index is 0.0564. The molecule has 0 aliphatic carbocycles. The number of amides is 2. The van der Waals surface area contributed by atoms with Crippen LogP contribution < -0.4 is 10.1 Å². The number of halogens is 1. The molecule has 0 radical (unpaired) electrons. The van der Waals surface area contributed by atoms with Crippen LogP contribution in [0.2, 0.25) is 0 Å². The molecule has 0 atom stereocenters. The lowest BCUT2D eigenvalue weighted by Gasteiger charge is -2.32. The molecule has 38 heavy (non-hydrogen) atoms. The van der Waals surface area contributed by atoms with Gasteiger partial charge in [0.25, 0.3) is 11.8 Å². The van der Waals surface area contributed by atoms with E-state index in [1.807, 2.05) is 43.5 Å². The molecular formula is C30H31FN4O3. The maximum atomic E-state index is 14.1. The van der Waals surface area contributed by atoms with Gasteiger partial charge in [0, 0.05) is 53.9 Å². The summed E-state index contributed by atoms with van der Waals surface area (Å²) in [5.41, 5.74) is 4.75. The van der Waals surface area contributed by atoms with Crippen molar-refractivity contribution in [3.05, 3.63) is 94.7 Å². The first-order chi connectivity index (χ1) is 18.4. The van der Waals surface area contributed by atoms with E-state index in [4.69, 9.17) is 9.72 Å². The van der Waals surface area contributed by atoms with Crippen LogP contribution in [0.1, 0.15) is 56.4 Å². The summed E-state index contributed by atoms with van der Waals surface area (Å²) in [5.74, 6) is -0.742. The molecule has 5 rings (SSSR count). The van der Waals surface area contributed by atoms with Crippen molar-refractivity contribution in [1.82, 2.24) is 20.2 Å². The molecule has 1 aliphatic rings. The van der Waals surface area contributed by atoms with Crippen LogP contribution in [-0.2, 0) is 6.42 Å². The number of hydrogen-bond acceptors (Lipinski definition) is 4. The number of likely N-dealkylation sites (tertiary alicyclic amines) is 1. The number of nitrogens with zero attached hydrogens (tertiary/aromatic N) is 2. The Hall–Kier alpha value is -4.20. The van der Waals surface area contributed by atoms with Crippen molar-refractivity contribution >= 4 is 22.7 Å². The number of benzene rings is 2. The summed E-state index contributed by atoms with van der Waals surface area (Å²) in [6.45, 7) is 3.45. The highest BCUT2D eigenvalue weighted by Gasteiger charge is 2.28. The molecule has 1 fully saturated rings. The lowest BCUT2D eigenvalue weighted by molar-refractivity contribution is 0.0710. The first kappa shape index (κ1) is 25.4. The highest BCUT2D eigenvalue weighted by molar-refractivity contribution is 5.96. The Morgan fingerprint density at radius 1 is 1.13 bits per heavy atom. The number of H-pyrrole nitrogens is 1. The molecule has 1 aliphatic heterocycles. The number of hydrogen-bond donors (Lipinski definition) is 2. The molecule has 2 N–H and O–H groups in total. The predicted molar refractivity (Wildman–Crippen MR) is 144 cm³/mol. The number of piperidine rings is 1. The van der Waals surface area contributed by atoms with Gasteiger partial charge in [-0.3, -0.25) is 14.6 Å². The second-order valence-electron chi connectivity index (χ2n) is 9.67. The van der Waals surface area contributed by atoms with Crippen LogP contribution in [0.15, 0.2) is 60.8 Å². The molecule has 8 heteroatoms. The van der Waals surface area contributed by atoms with Gasteiger partial charge < -0.3 is 19.9 Å². The highest BCUT2D eigenvalue weighted by Crippen LogP contribution is 2.30. The zero-order chi connectivity index (χ0) is 26.6. The summed E-state index contributed by atoms with van der Waals surface area (Å²) >= 11 is 0. The van der Waals surface area contributed by atoms with Crippen molar-refractivity contribution in [1.29, 1.82) is 0 Å². The molecule has 3 heterocycles. The van der Waals surface area contributed by atoms with Crippen LogP contribution in [0.25, 0.3) is 10.9 Å². The lowest BCUT2D eigenvalue weighted by Crippen LogP contribution is -2.38. The Morgan fingerprint density at radius 3 is 2.68 bits per heavy atom. The number of fused-ring (bicyclic) bond motifs is 1. The average molecular weight is 515 g/mol. The van der Waals surface area contributed by atoms with Gasteiger partial charge in [0.2, 0.25) is 0 Å². The van der Waals surface area contributed by atoms with Gasteiger partial charge in [0.05, 0.1) is 18.4 Å². The number of nitrogens with one attached hydrogen (secondary N) is 2. The van der Waals surface area contributed by atoms with Crippen molar-refractivity contribution in [2.24, 2.45) is 0 Å². The molecule has 0 spiro atoms. The van der Waals surface area contributed by atoms with Gasteiger partial charge in [-0.05, 0) is 68.1 Å². The van der Waals surface area contributed by atoms with Crippen LogP contribution in [0, 0.1) is 12.7 Å². The van der Waals surface area contributed by atoms with Crippen LogP contribution in [0.3, 0.4) is 0 Å². The highest BCUT2D eigenvalue weighted by atomic mass is 19.1. The van der Waals surface area contributed by atoms with Crippen molar-refractivity contribution in [2.75, 3.05) is 26.7 Å². The molecular weight excluding hydrogens is 483 g/mol.